The maximum atomic E-state index is 3.53. The van der Waals surface area contributed by atoms with Gasteiger partial charge in [-0.25, -0.2) is 0 Å². The molecule has 0 atom stereocenters. The second kappa shape index (κ2) is 4.72. The number of nitrogens with one attached hydrogen (secondary N) is 1. The Balaban J connectivity index is 2.84. The lowest BCUT2D eigenvalue weighted by atomic mass is 9.86. The lowest BCUT2D eigenvalue weighted by Gasteiger charge is -2.23. The Bertz CT molecular complexity index is 377. The van der Waals surface area contributed by atoms with Crippen molar-refractivity contribution in [3.8, 4) is 0 Å². The van der Waals surface area contributed by atoms with E-state index in [0.717, 1.165) is 6.54 Å². The molecular weight excluding hydrogens is 206 g/mol. The van der Waals surface area contributed by atoms with Crippen molar-refractivity contribution < 1.29 is 0 Å². The average Bonchev–Trinajstić information content (AvgIpc) is 2.12. The summed E-state index contributed by atoms with van der Waals surface area (Å²) in [5.41, 5.74) is 4.54. The SMILES string of the molecule is Cc1cc(C(C)(C)C)ccc1NCC(C)(C)C. The van der Waals surface area contributed by atoms with Gasteiger partial charge in [-0.15, -0.1) is 0 Å². The van der Waals surface area contributed by atoms with Crippen molar-refractivity contribution in [2.24, 2.45) is 5.41 Å². The Labute approximate surface area is 107 Å². The fraction of sp³-hybridized carbons (Fsp3) is 0.625. The number of hydrogen-bond donors (Lipinski definition) is 1. The van der Waals surface area contributed by atoms with Gasteiger partial charge in [0.25, 0.3) is 0 Å². The molecule has 96 valence electrons. The molecule has 0 fully saturated rings. The minimum atomic E-state index is 0.229. The molecule has 0 aliphatic carbocycles. The molecule has 1 N–H and O–H groups in total. The van der Waals surface area contributed by atoms with Crippen LogP contribution >= 0.6 is 0 Å². The summed E-state index contributed by atoms with van der Waals surface area (Å²) in [4.78, 5) is 0. The van der Waals surface area contributed by atoms with Crippen molar-refractivity contribution in [1.29, 1.82) is 0 Å². The highest BCUT2D eigenvalue weighted by molar-refractivity contribution is 5.53. The molecule has 0 unspecified atom stereocenters. The highest BCUT2D eigenvalue weighted by atomic mass is 14.9. The first-order chi connectivity index (χ1) is 7.59. The molecule has 0 bridgehead atoms. The van der Waals surface area contributed by atoms with Crippen LogP contribution in [0.3, 0.4) is 0 Å². The lowest BCUT2D eigenvalue weighted by Crippen LogP contribution is -2.19. The first-order valence-corrected chi connectivity index (χ1v) is 6.45. The minimum absolute atomic E-state index is 0.229. The second-order valence-electron chi connectivity index (χ2n) is 7.19. The van der Waals surface area contributed by atoms with Gasteiger partial charge in [0.05, 0.1) is 0 Å². The Morgan fingerprint density at radius 1 is 1.00 bits per heavy atom. The molecule has 1 nitrogen and oxygen atoms in total. The molecule has 1 rings (SSSR count). The van der Waals surface area contributed by atoms with Crippen molar-refractivity contribution in [3.63, 3.8) is 0 Å². The number of hydrogen-bond acceptors (Lipinski definition) is 1. The number of aryl methyl sites for hydroxylation is 1. The highest BCUT2D eigenvalue weighted by Crippen LogP contribution is 2.27. The molecule has 0 aliphatic rings. The van der Waals surface area contributed by atoms with E-state index in [4.69, 9.17) is 0 Å². The number of rotatable bonds is 2. The van der Waals surface area contributed by atoms with Crippen molar-refractivity contribution in [2.75, 3.05) is 11.9 Å². The van der Waals surface area contributed by atoms with Gasteiger partial charge in [-0.3, -0.25) is 0 Å². The second-order valence-corrected chi connectivity index (χ2v) is 7.19. The van der Waals surface area contributed by atoms with Crippen LogP contribution in [0, 0.1) is 12.3 Å². The Hall–Kier alpha value is -0.980. The van der Waals surface area contributed by atoms with Crippen LogP contribution in [0.4, 0.5) is 5.69 Å². The standard InChI is InChI=1S/C16H27N/c1-12-10-13(16(5,6)7)8-9-14(12)17-11-15(2,3)4/h8-10,17H,11H2,1-7H3. The zero-order valence-corrected chi connectivity index (χ0v) is 12.4. The lowest BCUT2D eigenvalue weighted by molar-refractivity contribution is 0.443. The molecule has 0 radical (unpaired) electrons. The molecule has 0 saturated carbocycles. The van der Waals surface area contributed by atoms with Crippen LogP contribution in [-0.2, 0) is 5.41 Å². The van der Waals surface area contributed by atoms with E-state index >= 15 is 0 Å². The maximum Gasteiger partial charge on any atom is 0.0370 e. The van der Waals surface area contributed by atoms with Crippen molar-refractivity contribution in [1.82, 2.24) is 0 Å². The largest absolute Gasteiger partial charge is 0.384 e. The summed E-state index contributed by atoms with van der Waals surface area (Å²) in [6.07, 6.45) is 0. The summed E-state index contributed by atoms with van der Waals surface area (Å²) in [5, 5.41) is 3.53. The van der Waals surface area contributed by atoms with Gasteiger partial charge in [-0.1, -0.05) is 53.7 Å². The van der Waals surface area contributed by atoms with E-state index in [9.17, 15) is 0 Å². The molecule has 0 saturated heterocycles. The zero-order chi connectivity index (χ0) is 13.3. The number of anilines is 1. The fourth-order valence-electron chi connectivity index (χ4n) is 1.69. The van der Waals surface area contributed by atoms with Gasteiger partial charge in [0.2, 0.25) is 0 Å². The monoisotopic (exact) mass is 233 g/mol. The maximum absolute atomic E-state index is 3.53. The molecule has 1 aromatic rings. The van der Waals surface area contributed by atoms with Gasteiger partial charge in [-0.05, 0) is 34.9 Å². The van der Waals surface area contributed by atoms with E-state index in [-0.39, 0.29) is 5.41 Å². The molecule has 0 amide bonds. The predicted molar refractivity (Wildman–Crippen MR) is 77.8 cm³/mol. The molecule has 0 spiro atoms. The van der Waals surface area contributed by atoms with Gasteiger partial charge in [0, 0.05) is 12.2 Å². The Morgan fingerprint density at radius 2 is 1.59 bits per heavy atom. The average molecular weight is 233 g/mol. The van der Waals surface area contributed by atoms with E-state index in [1.54, 1.807) is 0 Å². The topological polar surface area (TPSA) is 12.0 Å². The quantitative estimate of drug-likeness (QED) is 0.777. The summed E-state index contributed by atoms with van der Waals surface area (Å²) >= 11 is 0. The number of benzene rings is 1. The van der Waals surface area contributed by atoms with Crippen LogP contribution in [0.15, 0.2) is 18.2 Å². The smallest absolute Gasteiger partial charge is 0.0370 e. The normalized spacial score (nSPS) is 12.6. The van der Waals surface area contributed by atoms with Crippen molar-refractivity contribution >= 4 is 5.69 Å². The highest BCUT2D eigenvalue weighted by Gasteiger charge is 2.15. The third kappa shape index (κ3) is 4.41. The van der Waals surface area contributed by atoms with Gasteiger partial charge >= 0.3 is 0 Å². The molecular formula is C16H27N. The van der Waals surface area contributed by atoms with Crippen LogP contribution < -0.4 is 5.32 Å². The summed E-state index contributed by atoms with van der Waals surface area (Å²) < 4.78 is 0. The zero-order valence-electron chi connectivity index (χ0n) is 12.4. The van der Waals surface area contributed by atoms with E-state index < -0.39 is 0 Å². The molecule has 1 heteroatoms. The van der Waals surface area contributed by atoms with E-state index in [0.29, 0.717) is 5.41 Å². The molecule has 0 aliphatic heterocycles. The van der Waals surface area contributed by atoms with Gasteiger partial charge in [0.15, 0.2) is 0 Å². The van der Waals surface area contributed by atoms with E-state index in [1.165, 1.54) is 16.8 Å². The van der Waals surface area contributed by atoms with Gasteiger partial charge < -0.3 is 5.32 Å². The molecule has 0 aromatic heterocycles. The molecule has 1 aromatic carbocycles. The molecule has 0 heterocycles. The molecule has 17 heavy (non-hydrogen) atoms. The summed E-state index contributed by atoms with van der Waals surface area (Å²) in [6.45, 7) is 16.7. The summed E-state index contributed by atoms with van der Waals surface area (Å²) in [5.74, 6) is 0. The van der Waals surface area contributed by atoms with Crippen molar-refractivity contribution in [3.05, 3.63) is 29.3 Å². The van der Waals surface area contributed by atoms with Gasteiger partial charge in [0.1, 0.15) is 0 Å². The predicted octanol–water partition coefficient (Wildman–Crippen LogP) is 4.75. The summed E-state index contributed by atoms with van der Waals surface area (Å²) in [7, 11) is 0. The first kappa shape index (κ1) is 14.1. The first-order valence-electron chi connectivity index (χ1n) is 6.45. The Kier molecular flexibility index (Phi) is 3.91. The van der Waals surface area contributed by atoms with Crippen LogP contribution in [0.2, 0.25) is 0 Å². The van der Waals surface area contributed by atoms with E-state index in [1.807, 2.05) is 0 Å². The third-order valence-electron chi connectivity index (χ3n) is 2.90. The van der Waals surface area contributed by atoms with Gasteiger partial charge in [-0.2, -0.15) is 0 Å². The van der Waals surface area contributed by atoms with Crippen molar-refractivity contribution in [2.45, 2.75) is 53.9 Å². The minimum Gasteiger partial charge on any atom is -0.384 e. The van der Waals surface area contributed by atoms with Crippen LogP contribution in [0.25, 0.3) is 0 Å². The fourth-order valence-corrected chi connectivity index (χ4v) is 1.69. The summed E-state index contributed by atoms with van der Waals surface area (Å²) in [6, 6.07) is 6.74. The van der Waals surface area contributed by atoms with Crippen LogP contribution in [0.1, 0.15) is 52.7 Å². The Morgan fingerprint density at radius 3 is 2.00 bits per heavy atom. The van der Waals surface area contributed by atoms with Crippen LogP contribution in [0.5, 0.6) is 0 Å². The third-order valence-corrected chi connectivity index (χ3v) is 2.90. The van der Waals surface area contributed by atoms with Crippen LogP contribution in [-0.4, -0.2) is 6.54 Å². The van der Waals surface area contributed by atoms with E-state index in [2.05, 4.69) is 72.0 Å².